The molecule has 3 aromatic heterocycles. The van der Waals surface area contributed by atoms with Gasteiger partial charge < -0.3 is 15.1 Å². The first-order valence-corrected chi connectivity index (χ1v) is 13.0. The van der Waals surface area contributed by atoms with Gasteiger partial charge in [-0.3, -0.25) is 9.69 Å². The summed E-state index contributed by atoms with van der Waals surface area (Å²) in [4.78, 5) is 34.4. The Kier molecular flexibility index (Phi) is 5.41. The van der Waals surface area contributed by atoms with E-state index < -0.39 is 0 Å². The number of piperazine rings is 1. The molecule has 9 heteroatoms. The lowest BCUT2D eigenvalue weighted by Gasteiger charge is -2.33. The Balaban J connectivity index is 1.26. The SMILES string of the molecule is CN(C)C(=O)c1sc2cnc(Nc3ccc(N4C[C@@H]5C[C@H]4CN5C)cn3)nc2c1C1CCCC1. The fourth-order valence-corrected chi connectivity index (χ4v) is 7.07. The van der Waals surface area contributed by atoms with E-state index >= 15 is 0 Å². The molecular weight excluding hydrogens is 446 g/mol. The molecular formula is C25H31N7OS. The summed E-state index contributed by atoms with van der Waals surface area (Å²) in [6.45, 7) is 2.20. The third-order valence-corrected chi connectivity index (χ3v) is 8.78. The second kappa shape index (κ2) is 8.46. The molecule has 8 nitrogen and oxygen atoms in total. The molecule has 2 aliphatic heterocycles. The van der Waals surface area contributed by atoms with Gasteiger partial charge >= 0.3 is 0 Å². The van der Waals surface area contributed by atoms with Crippen LogP contribution >= 0.6 is 11.3 Å². The van der Waals surface area contributed by atoms with Crippen molar-refractivity contribution in [3.8, 4) is 0 Å². The average Bonchev–Trinajstić information content (AvgIpc) is 3.61. The van der Waals surface area contributed by atoms with Gasteiger partial charge in [0.25, 0.3) is 5.91 Å². The van der Waals surface area contributed by atoms with Gasteiger partial charge in [0, 0.05) is 44.8 Å². The van der Waals surface area contributed by atoms with Crippen LogP contribution in [0.25, 0.3) is 10.2 Å². The molecule has 2 atom stereocenters. The van der Waals surface area contributed by atoms with Gasteiger partial charge in [-0.25, -0.2) is 15.0 Å². The van der Waals surface area contributed by atoms with Crippen LogP contribution in [-0.4, -0.2) is 77.0 Å². The van der Waals surface area contributed by atoms with E-state index in [1.807, 2.05) is 32.6 Å². The van der Waals surface area contributed by atoms with Crippen LogP contribution in [0.5, 0.6) is 0 Å². The molecule has 1 aliphatic carbocycles. The van der Waals surface area contributed by atoms with Crippen LogP contribution in [0.2, 0.25) is 0 Å². The third-order valence-electron chi connectivity index (χ3n) is 7.66. The fraction of sp³-hybridized carbons (Fsp3) is 0.520. The molecule has 3 fully saturated rings. The van der Waals surface area contributed by atoms with Crippen LogP contribution in [0.1, 0.15) is 53.3 Å². The van der Waals surface area contributed by atoms with Gasteiger partial charge in [0.1, 0.15) is 5.82 Å². The molecule has 1 N–H and O–H groups in total. The zero-order valence-corrected chi connectivity index (χ0v) is 20.8. The molecule has 178 valence electrons. The maximum absolute atomic E-state index is 12.9. The van der Waals surface area contributed by atoms with Crippen LogP contribution in [0.3, 0.4) is 0 Å². The van der Waals surface area contributed by atoms with Crippen molar-refractivity contribution in [1.82, 2.24) is 24.8 Å². The molecule has 1 saturated carbocycles. The minimum atomic E-state index is 0.0541. The van der Waals surface area contributed by atoms with E-state index in [-0.39, 0.29) is 5.91 Å². The van der Waals surface area contributed by atoms with Crippen molar-refractivity contribution in [1.29, 1.82) is 0 Å². The molecule has 0 radical (unpaired) electrons. The summed E-state index contributed by atoms with van der Waals surface area (Å²) in [5.41, 5.74) is 3.20. The number of aromatic nitrogens is 3. The van der Waals surface area contributed by atoms with E-state index in [0.29, 0.717) is 23.9 Å². The Morgan fingerprint density at radius 2 is 1.94 bits per heavy atom. The summed E-state index contributed by atoms with van der Waals surface area (Å²) in [7, 11) is 5.84. The second-order valence-corrected chi connectivity index (χ2v) is 11.1. The molecule has 1 amide bonds. The van der Waals surface area contributed by atoms with Gasteiger partial charge in [-0.2, -0.15) is 0 Å². The number of thiophene rings is 1. The van der Waals surface area contributed by atoms with Gasteiger partial charge in [0.2, 0.25) is 5.95 Å². The Bertz CT molecular complexity index is 1220. The van der Waals surface area contributed by atoms with E-state index in [0.717, 1.165) is 52.4 Å². The molecule has 6 rings (SSSR count). The summed E-state index contributed by atoms with van der Waals surface area (Å²) < 4.78 is 0.968. The highest BCUT2D eigenvalue weighted by Gasteiger charge is 2.41. The van der Waals surface area contributed by atoms with E-state index in [4.69, 9.17) is 4.98 Å². The molecule has 3 aromatic rings. The van der Waals surface area contributed by atoms with E-state index in [9.17, 15) is 4.79 Å². The number of likely N-dealkylation sites (tertiary alicyclic amines) is 1. The minimum absolute atomic E-state index is 0.0541. The van der Waals surface area contributed by atoms with Gasteiger partial charge in [-0.1, -0.05) is 12.8 Å². The number of carbonyl (C=O) groups excluding carboxylic acids is 1. The molecule has 2 bridgehead atoms. The van der Waals surface area contributed by atoms with Crippen LogP contribution in [0, 0.1) is 0 Å². The van der Waals surface area contributed by atoms with Crippen molar-refractivity contribution in [2.45, 2.75) is 50.1 Å². The van der Waals surface area contributed by atoms with Crippen molar-refractivity contribution in [2.24, 2.45) is 0 Å². The summed E-state index contributed by atoms with van der Waals surface area (Å²) >= 11 is 1.52. The quantitative estimate of drug-likeness (QED) is 0.593. The number of anilines is 3. The Hall–Kier alpha value is -2.78. The molecule has 0 spiro atoms. The Labute approximate surface area is 204 Å². The predicted octanol–water partition coefficient (Wildman–Crippen LogP) is 4.08. The van der Waals surface area contributed by atoms with E-state index in [1.165, 1.54) is 36.3 Å². The van der Waals surface area contributed by atoms with Crippen LogP contribution < -0.4 is 10.2 Å². The fourth-order valence-electron chi connectivity index (χ4n) is 5.85. The molecule has 5 heterocycles. The maximum Gasteiger partial charge on any atom is 0.263 e. The number of fused-ring (bicyclic) bond motifs is 3. The van der Waals surface area contributed by atoms with Crippen molar-refractivity contribution in [3.05, 3.63) is 35.0 Å². The first-order chi connectivity index (χ1) is 16.5. The highest BCUT2D eigenvalue weighted by Crippen LogP contribution is 2.43. The smallest absolute Gasteiger partial charge is 0.263 e. The number of nitrogens with zero attached hydrogens (tertiary/aromatic N) is 6. The lowest BCUT2D eigenvalue weighted by molar-refractivity contribution is 0.0831. The Morgan fingerprint density at radius 1 is 1.12 bits per heavy atom. The third kappa shape index (κ3) is 3.71. The largest absolute Gasteiger partial charge is 0.364 e. The molecule has 0 unspecified atom stereocenters. The normalized spacial score (nSPS) is 22.7. The van der Waals surface area contributed by atoms with E-state index in [2.05, 4.69) is 38.2 Å². The van der Waals surface area contributed by atoms with Crippen LogP contribution in [0.4, 0.5) is 17.5 Å². The molecule has 2 saturated heterocycles. The van der Waals surface area contributed by atoms with Crippen molar-refractivity contribution >= 4 is 44.9 Å². The number of amides is 1. The van der Waals surface area contributed by atoms with Gasteiger partial charge in [0.15, 0.2) is 0 Å². The van der Waals surface area contributed by atoms with Crippen LogP contribution in [-0.2, 0) is 0 Å². The zero-order valence-electron chi connectivity index (χ0n) is 20.0. The standard InChI is InChI=1S/C25H31N7OS/c1-30(2)24(33)23-21(15-6-4-5-7-15)22-19(34-23)12-27-25(29-22)28-20-9-8-16(11-26-20)32-14-17-10-18(32)13-31(17)3/h8-9,11-12,15,17-18H,4-7,10,13-14H2,1-3H3,(H,26,27,28,29)/t17-,18-/m0/s1. The first-order valence-electron chi connectivity index (χ1n) is 12.2. The highest BCUT2D eigenvalue weighted by molar-refractivity contribution is 7.21. The predicted molar refractivity (Wildman–Crippen MR) is 136 cm³/mol. The molecule has 0 aromatic carbocycles. The number of hydrogen-bond donors (Lipinski definition) is 1. The maximum atomic E-state index is 12.9. The van der Waals surface area contributed by atoms with Gasteiger partial charge in [-0.05, 0) is 44.4 Å². The number of hydrogen-bond acceptors (Lipinski definition) is 8. The first kappa shape index (κ1) is 21.7. The topological polar surface area (TPSA) is 77.5 Å². The molecule has 34 heavy (non-hydrogen) atoms. The number of carbonyl (C=O) groups is 1. The van der Waals surface area contributed by atoms with Crippen molar-refractivity contribution < 1.29 is 4.79 Å². The summed E-state index contributed by atoms with van der Waals surface area (Å²) in [6.07, 6.45) is 9.67. The summed E-state index contributed by atoms with van der Waals surface area (Å²) in [5.74, 6) is 1.70. The minimum Gasteiger partial charge on any atom is -0.364 e. The Morgan fingerprint density at radius 3 is 2.59 bits per heavy atom. The van der Waals surface area contributed by atoms with Crippen molar-refractivity contribution in [2.75, 3.05) is 44.4 Å². The monoisotopic (exact) mass is 477 g/mol. The summed E-state index contributed by atoms with van der Waals surface area (Å²) in [5, 5.41) is 3.28. The lowest BCUT2D eigenvalue weighted by atomic mass is 9.96. The lowest BCUT2D eigenvalue weighted by Crippen LogP contribution is -2.44. The molecule has 3 aliphatic rings. The van der Waals surface area contributed by atoms with Gasteiger partial charge in [0.05, 0.1) is 33.2 Å². The van der Waals surface area contributed by atoms with Crippen molar-refractivity contribution in [3.63, 3.8) is 0 Å². The number of likely N-dealkylation sites (N-methyl/N-ethyl adjacent to an activating group) is 1. The summed E-state index contributed by atoms with van der Waals surface area (Å²) in [6, 6.07) is 5.39. The number of pyridine rings is 1. The van der Waals surface area contributed by atoms with Gasteiger partial charge in [-0.15, -0.1) is 11.3 Å². The number of rotatable bonds is 5. The second-order valence-electron chi connectivity index (χ2n) is 10.1. The van der Waals surface area contributed by atoms with Crippen LogP contribution in [0.15, 0.2) is 24.5 Å². The van der Waals surface area contributed by atoms with E-state index in [1.54, 1.807) is 4.90 Å². The highest BCUT2D eigenvalue weighted by atomic mass is 32.1. The zero-order chi connectivity index (χ0) is 23.4. The average molecular weight is 478 g/mol. The number of nitrogens with one attached hydrogen (secondary N) is 1.